The van der Waals surface area contributed by atoms with Crippen molar-refractivity contribution in [1.29, 1.82) is 0 Å². The standard InChI is InChI=1S/C21H28N4O4/c1-12(2)11-25-20(29)23-19(28)21(25)7-9-24(10-8-21)18(27)17-13(3)16-14(22-17)5-4-6-15(16)26/h12,22H,4-11H2,1-3H3,(H,23,28,29). The van der Waals surface area contributed by atoms with E-state index in [9.17, 15) is 19.2 Å². The monoisotopic (exact) mass is 400 g/mol. The zero-order valence-corrected chi connectivity index (χ0v) is 17.3. The number of hydrogen-bond donors (Lipinski definition) is 2. The van der Waals surface area contributed by atoms with Gasteiger partial charge >= 0.3 is 6.03 Å². The molecule has 1 aromatic rings. The summed E-state index contributed by atoms with van der Waals surface area (Å²) in [5.74, 6) is -0.0530. The minimum atomic E-state index is -0.863. The highest BCUT2D eigenvalue weighted by atomic mass is 16.2. The molecule has 156 valence electrons. The van der Waals surface area contributed by atoms with E-state index in [0.717, 1.165) is 24.1 Å². The van der Waals surface area contributed by atoms with Gasteiger partial charge < -0.3 is 14.8 Å². The average molecular weight is 400 g/mol. The van der Waals surface area contributed by atoms with Crippen LogP contribution in [0.2, 0.25) is 0 Å². The van der Waals surface area contributed by atoms with Crippen molar-refractivity contribution >= 4 is 23.6 Å². The molecule has 8 heteroatoms. The molecule has 1 spiro atoms. The fourth-order valence-corrected chi connectivity index (χ4v) is 4.94. The summed E-state index contributed by atoms with van der Waals surface area (Å²) in [6.45, 7) is 7.15. The third kappa shape index (κ3) is 3.05. The van der Waals surface area contributed by atoms with Gasteiger partial charge in [-0.1, -0.05) is 13.8 Å². The molecule has 0 unspecified atom stereocenters. The number of nitrogens with zero attached hydrogens (tertiary/aromatic N) is 2. The molecule has 3 heterocycles. The fourth-order valence-electron chi connectivity index (χ4n) is 4.94. The Morgan fingerprint density at radius 3 is 2.45 bits per heavy atom. The number of urea groups is 1. The van der Waals surface area contributed by atoms with E-state index in [0.29, 0.717) is 50.2 Å². The van der Waals surface area contributed by atoms with E-state index in [1.807, 2.05) is 20.8 Å². The van der Waals surface area contributed by atoms with Crippen molar-refractivity contribution in [3.63, 3.8) is 0 Å². The SMILES string of the molecule is Cc1c(C(=O)N2CCC3(CC2)C(=O)NC(=O)N3CC(C)C)[nH]c2c1C(=O)CCC2. The Kier molecular flexibility index (Phi) is 4.75. The maximum absolute atomic E-state index is 13.2. The van der Waals surface area contributed by atoms with Crippen molar-refractivity contribution < 1.29 is 19.2 Å². The second-order valence-corrected chi connectivity index (χ2v) is 8.84. The number of rotatable bonds is 3. The number of Topliss-reactive ketones (excluding diaryl/α,β-unsaturated/α-hetero) is 1. The second kappa shape index (κ2) is 7.00. The lowest BCUT2D eigenvalue weighted by Crippen LogP contribution is -2.58. The topological polar surface area (TPSA) is 103 Å². The Morgan fingerprint density at radius 2 is 1.83 bits per heavy atom. The van der Waals surface area contributed by atoms with Gasteiger partial charge in [-0.05, 0) is 44.1 Å². The molecule has 0 aromatic carbocycles. The Labute approximate surface area is 170 Å². The lowest BCUT2D eigenvalue weighted by Gasteiger charge is -2.42. The van der Waals surface area contributed by atoms with E-state index < -0.39 is 5.54 Å². The number of aromatic nitrogens is 1. The Balaban J connectivity index is 1.53. The molecule has 0 atom stereocenters. The molecule has 2 N–H and O–H groups in total. The number of carbonyl (C=O) groups is 4. The van der Waals surface area contributed by atoms with E-state index >= 15 is 0 Å². The summed E-state index contributed by atoms with van der Waals surface area (Å²) in [4.78, 5) is 56.9. The highest BCUT2D eigenvalue weighted by Gasteiger charge is 2.54. The summed E-state index contributed by atoms with van der Waals surface area (Å²) in [7, 11) is 0. The molecule has 1 aromatic heterocycles. The minimum absolute atomic E-state index is 0.0992. The van der Waals surface area contributed by atoms with Crippen LogP contribution in [0.25, 0.3) is 0 Å². The zero-order valence-electron chi connectivity index (χ0n) is 17.3. The molecule has 0 saturated carbocycles. The molecule has 2 saturated heterocycles. The first-order valence-corrected chi connectivity index (χ1v) is 10.4. The van der Waals surface area contributed by atoms with E-state index in [-0.39, 0.29) is 29.5 Å². The number of aryl methyl sites for hydroxylation is 1. The van der Waals surface area contributed by atoms with E-state index in [1.165, 1.54) is 0 Å². The van der Waals surface area contributed by atoms with Crippen molar-refractivity contribution in [3.8, 4) is 0 Å². The summed E-state index contributed by atoms with van der Waals surface area (Å²) in [5, 5.41) is 2.46. The molecular weight excluding hydrogens is 372 g/mol. The third-order valence-corrected chi connectivity index (χ3v) is 6.48. The average Bonchev–Trinajstić information content (AvgIpc) is 3.12. The second-order valence-electron chi connectivity index (χ2n) is 8.84. The van der Waals surface area contributed by atoms with Crippen molar-refractivity contribution in [2.24, 2.45) is 5.92 Å². The van der Waals surface area contributed by atoms with E-state index in [4.69, 9.17) is 0 Å². The number of fused-ring (bicyclic) bond motifs is 1. The Hall–Kier alpha value is -2.64. The summed E-state index contributed by atoms with van der Waals surface area (Å²) < 4.78 is 0. The van der Waals surface area contributed by atoms with Gasteiger partial charge in [0, 0.05) is 37.3 Å². The van der Waals surface area contributed by atoms with Crippen LogP contribution in [-0.2, 0) is 11.2 Å². The highest BCUT2D eigenvalue weighted by Crippen LogP contribution is 2.35. The van der Waals surface area contributed by atoms with E-state index in [2.05, 4.69) is 10.3 Å². The lowest BCUT2D eigenvalue weighted by molar-refractivity contribution is -0.129. The smallest absolute Gasteiger partial charge is 0.325 e. The zero-order chi connectivity index (χ0) is 20.9. The molecule has 29 heavy (non-hydrogen) atoms. The van der Waals surface area contributed by atoms with Crippen LogP contribution >= 0.6 is 0 Å². The number of nitrogens with one attached hydrogen (secondary N) is 2. The third-order valence-electron chi connectivity index (χ3n) is 6.48. The van der Waals surface area contributed by atoms with Crippen LogP contribution in [-0.4, -0.2) is 63.6 Å². The molecular formula is C21H28N4O4. The number of hydrogen-bond acceptors (Lipinski definition) is 4. The number of aromatic amines is 1. The van der Waals surface area contributed by atoms with Gasteiger partial charge in [-0.25, -0.2) is 4.79 Å². The summed E-state index contributed by atoms with van der Waals surface area (Å²) >= 11 is 0. The van der Waals surface area contributed by atoms with E-state index in [1.54, 1.807) is 9.80 Å². The summed E-state index contributed by atoms with van der Waals surface area (Å²) in [6, 6.07) is -0.338. The van der Waals surface area contributed by atoms with Crippen molar-refractivity contribution in [2.75, 3.05) is 19.6 Å². The maximum Gasteiger partial charge on any atom is 0.325 e. The van der Waals surface area contributed by atoms with Gasteiger partial charge in [0.1, 0.15) is 11.2 Å². The van der Waals surface area contributed by atoms with Crippen LogP contribution < -0.4 is 5.32 Å². The minimum Gasteiger partial charge on any atom is -0.354 e. The van der Waals surface area contributed by atoms with Gasteiger partial charge in [0.2, 0.25) is 0 Å². The summed E-state index contributed by atoms with van der Waals surface area (Å²) in [6.07, 6.45) is 2.95. The number of ketones is 1. The normalized spacial score (nSPS) is 21.2. The lowest BCUT2D eigenvalue weighted by atomic mass is 9.85. The van der Waals surface area contributed by atoms with Crippen LogP contribution in [0, 0.1) is 12.8 Å². The van der Waals surface area contributed by atoms with Gasteiger partial charge in [0.05, 0.1) is 0 Å². The first-order chi connectivity index (χ1) is 13.7. The largest absolute Gasteiger partial charge is 0.354 e. The quantitative estimate of drug-likeness (QED) is 0.758. The molecule has 1 aliphatic carbocycles. The van der Waals surface area contributed by atoms with Crippen LogP contribution in [0.4, 0.5) is 4.79 Å². The number of carbonyl (C=O) groups excluding carboxylic acids is 4. The van der Waals surface area contributed by atoms with Crippen molar-refractivity contribution in [3.05, 3.63) is 22.5 Å². The predicted molar refractivity (Wildman–Crippen MR) is 106 cm³/mol. The number of likely N-dealkylation sites (tertiary alicyclic amines) is 1. The van der Waals surface area contributed by atoms with Gasteiger partial charge in [-0.15, -0.1) is 0 Å². The summed E-state index contributed by atoms with van der Waals surface area (Å²) in [5.41, 5.74) is 1.88. The maximum atomic E-state index is 13.2. The number of piperidine rings is 1. The van der Waals surface area contributed by atoms with Crippen LogP contribution in [0.5, 0.6) is 0 Å². The van der Waals surface area contributed by atoms with Crippen LogP contribution in [0.1, 0.15) is 71.6 Å². The first-order valence-electron chi connectivity index (χ1n) is 10.4. The highest BCUT2D eigenvalue weighted by molar-refractivity contribution is 6.07. The fraction of sp³-hybridized carbons (Fsp3) is 0.619. The number of amides is 4. The molecule has 0 radical (unpaired) electrons. The molecule has 2 fully saturated rings. The van der Waals surface area contributed by atoms with Gasteiger partial charge in [0.15, 0.2) is 5.78 Å². The van der Waals surface area contributed by atoms with Crippen LogP contribution in [0.15, 0.2) is 0 Å². The molecule has 4 amide bonds. The molecule has 2 aliphatic heterocycles. The number of H-pyrrole nitrogens is 1. The molecule has 4 rings (SSSR count). The van der Waals surface area contributed by atoms with Crippen LogP contribution in [0.3, 0.4) is 0 Å². The molecule has 3 aliphatic rings. The van der Waals surface area contributed by atoms with Crippen molar-refractivity contribution in [1.82, 2.24) is 20.1 Å². The molecule has 0 bridgehead atoms. The van der Waals surface area contributed by atoms with Gasteiger partial charge in [0.25, 0.3) is 11.8 Å². The Morgan fingerprint density at radius 1 is 1.14 bits per heavy atom. The van der Waals surface area contributed by atoms with Gasteiger partial charge in [-0.2, -0.15) is 0 Å². The Bertz CT molecular complexity index is 893. The first kappa shape index (κ1) is 19.7. The number of imide groups is 1. The van der Waals surface area contributed by atoms with Gasteiger partial charge in [-0.3, -0.25) is 19.7 Å². The van der Waals surface area contributed by atoms with Crippen molar-refractivity contribution in [2.45, 2.75) is 58.4 Å². The molecule has 8 nitrogen and oxygen atoms in total. The predicted octanol–water partition coefficient (Wildman–Crippen LogP) is 2.02.